The number of carbonyl (C=O) groups excluding carboxylic acids is 1. The summed E-state index contributed by atoms with van der Waals surface area (Å²) in [6, 6.07) is 0. The van der Waals surface area contributed by atoms with E-state index in [1.165, 1.54) is 25.7 Å². The van der Waals surface area contributed by atoms with Crippen LogP contribution in [0, 0.1) is 17.3 Å². The lowest BCUT2D eigenvalue weighted by Gasteiger charge is -2.28. The summed E-state index contributed by atoms with van der Waals surface area (Å²) < 4.78 is 5.26. The SMILES string of the molecule is COCC1(C(=O)NCCC2CCCC(C)C2)CCNC1. The third-order valence-electron chi connectivity index (χ3n) is 5.03. The number of rotatable bonds is 6. The molecule has 4 heteroatoms. The fraction of sp³-hybridized carbons (Fsp3) is 0.938. The molecule has 0 aromatic heterocycles. The van der Waals surface area contributed by atoms with Gasteiger partial charge in [-0.3, -0.25) is 4.79 Å². The number of carbonyl (C=O) groups is 1. The lowest BCUT2D eigenvalue weighted by Crippen LogP contribution is -2.46. The largest absolute Gasteiger partial charge is 0.384 e. The van der Waals surface area contributed by atoms with Gasteiger partial charge in [-0.25, -0.2) is 0 Å². The molecule has 0 radical (unpaired) electrons. The maximum absolute atomic E-state index is 12.4. The fourth-order valence-electron chi connectivity index (χ4n) is 3.80. The summed E-state index contributed by atoms with van der Waals surface area (Å²) in [4.78, 5) is 12.4. The molecule has 2 N–H and O–H groups in total. The fourth-order valence-corrected chi connectivity index (χ4v) is 3.80. The van der Waals surface area contributed by atoms with Gasteiger partial charge in [-0.2, -0.15) is 0 Å². The summed E-state index contributed by atoms with van der Waals surface area (Å²) in [5.41, 5.74) is -0.339. The Morgan fingerprint density at radius 3 is 2.95 bits per heavy atom. The maximum Gasteiger partial charge on any atom is 0.229 e. The van der Waals surface area contributed by atoms with Crippen LogP contribution in [-0.4, -0.2) is 39.3 Å². The molecule has 0 aromatic carbocycles. The summed E-state index contributed by atoms with van der Waals surface area (Å²) in [7, 11) is 1.68. The topological polar surface area (TPSA) is 50.4 Å². The van der Waals surface area contributed by atoms with E-state index in [4.69, 9.17) is 4.74 Å². The van der Waals surface area contributed by atoms with Gasteiger partial charge in [0.25, 0.3) is 0 Å². The second-order valence-corrected chi connectivity index (χ2v) is 6.82. The van der Waals surface area contributed by atoms with E-state index < -0.39 is 0 Å². The molecule has 1 saturated heterocycles. The minimum atomic E-state index is -0.339. The monoisotopic (exact) mass is 282 g/mol. The quantitative estimate of drug-likeness (QED) is 0.783. The van der Waals surface area contributed by atoms with Crippen molar-refractivity contribution in [3.8, 4) is 0 Å². The predicted molar refractivity (Wildman–Crippen MR) is 80.5 cm³/mol. The number of methoxy groups -OCH3 is 1. The van der Waals surface area contributed by atoms with Crippen molar-refractivity contribution in [2.75, 3.05) is 33.4 Å². The van der Waals surface area contributed by atoms with Gasteiger partial charge >= 0.3 is 0 Å². The summed E-state index contributed by atoms with van der Waals surface area (Å²) in [5.74, 6) is 1.84. The molecule has 2 rings (SSSR count). The van der Waals surface area contributed by atoms with Gasteiger partial charge in [0, 0.05) is 20.2 Å². The number of hydrogen-bond acceptors (Lipinski definition) is 3. The van der Waals surface area contributed by atoms with Gasteiger partial charge in [0.15, 0.2) is 0 Å². The molecule has 116 valence electrons. The molecule has 20 heavy (non-hydrogen) atoms. The van der Waals surface area contributed by atoms with E-state index in [1.54, 1.807) is 7.11 Å². The molecule has 3 unspecified atom stereocenters. The Labute approximate surface area is 123 Å². The van der Waals surface area contributed by atoms with E-state index in [2.05, 4.69) is 17.6 Å². The second kappa shape index (κ2) is 7.41. The van der Waals surface area contributed by atoms with Crippen molar-refractivity contribution >= 4 is 5.91 Å². The maximum atomic E-state index is 12.4. The summed E-state index contributed by atoms with van der Waals surface area (Å²) in [6.45, 7) is 5.35. The van der Waals surface area contributed by atoms with Crippen LogP contribution in [0.3, 0.4) is 0 Å². The van der Waals surface area contributed by atoms with Gasteiger partial charge in [0.1, 0.15) is 0 Å². The molecule has 1 aliphatic heterocycles. The molecular formula is C16H30N2O2. The highest BCUT2D eigenvalue weighted by Gasteiger charge is 2.41. The van der Waals surface area contributed by atoms with Crippen LogP contribution in [0.5, 0.6) is 0 Å². The van der Waals surface area contributed by atoms with Gasteiger partial charge in [-0.1, -0.05) is 26.2 Å². The van der Waals surface area contributed by atoms with Crippen molar-refractivity contribution in [3.63, 3.8) is 0 Å². The van der Waals surface area contributed by atoms with E-state index in [0.717, 1.165) is 44.3 Å². The summed E-state index contributed by atoms with van der Waals surface area (Å²) in [5, 5.41) is 6.44. The van der Waals surface area contributed by atoms with Crippen LogP contribution in [0.1, 0.15) is 45.4 Å². The Bertz CT molecular complexity index is 314. The van der Waals surface area contributed by atoms with Gasteiger partial charge in [-0.05, 0) is 37.6 Å². The molecule has 1 heterocycles. The zero-order chi connectivity index (χ0) is 14.4. The van der Waals surface area contributed by atoms with Crippen LogP contribution in [0.4, 0.5) is 0 Å². The van der Waals surface area contributed by atoms with Crippen molar-refractivity contribution in [2.24, 2.45) is 17.3 Å². The van der Waals surface area contributed by atoms with E-state index in [9.17, 15) is 4.79 Å². The minimum Gasteiger partial charge on any atom is -0.384 e. The van der Waals surface area contributed by atoms with E-state index in [0.29, 0.717) is 6.61 Å². The standard InChI is InChI=1S/C16H30N2O2/c1-13-4-3-5-14(10-13)6-8-18-15(19)16(12-20-2)7-9-17-11-16/h13-14,17H,3-12H2,1-2H3,(H,18,19). The Morgan fingerprint density at radius 1 is 1.45 bits per heavy atom. The van der Waals surface area contributed by atoms with Crippen molar-refractivity contribution in [1.82, 2.24) is 10.6 Å². The van der Waals surface area contributed by atoms with Gasteiger partial charge in [-0.15, -0.1) is 0 Å². The number of amides is 1. The van der Waals surface area contributed by atoms with Crippen LogP contribution in [0.15, 0.2) is 0 Å². The first-order valence-electron chi connectivity index (χ1n) is 8.14. The molecule has 1 aliphatic carbocycles. The molecule has 0 aromatic rings. The average molecular weight is 282 g/mol. The third kappa shape index (κ3) is 3.95. The van der Waals surface area contributed by atoms with E-state index in [1.807, 2.05) is 0 Å². The normalized spacial score (nSPS) is 34.1. The van der Waals surface area contributed by atoms with Crippen LogP contribution >= 0.6 is 0 Å². The molecule has 1 amide bonds. The van der Waals surface area contributed by atoms with Crippen molar-refractivity contribution in [3.05, 3.63) is 0 Å². The molecule has 0 spiro atoms. The lowest BCUT2D eigenvalue weighted by molar-refractivity contribution is -0.133. The molecule has 4 nitrogen and oxygen atoms in total. The Hall–Kier alpha value is -0.610. The second-order valence-electron chi connectivity index (χ2n) is 6.82. The number of nitrogens with one attached hydrogen (secondary N) is 2. The van der Waals surface area contributed by atoms with E-state index >= 15 is 0 Å². The molecule has 1 saturated carbocycles. The number of ether oxygens (including phenoxy) is 1. The van der Waals surface area contributed by atoms with Gasteiger partial charge in [0.2, 0.25) is 5.91 Å². The van der Waals surface area contributed by atoms with Crippen molar-refractivity contribution in [1.29, 1.82) is 0 Å². The van der Waals surface area contributed by atoms with Crippen molar-refractivity contribution in [2.45, 2.75) is 45.4 Å². The van der Waals surface area contributed by atoms with Crippen LogP contribution < -0.4 is 10.6 Å². The molecular weight excluding hydrogens is 252 g/mol. The van der Waals surface area contributed by atoms with Crippen LogP contribution in [-0.2, 0) is 9.53 Å². The van der Waals surface area contributed by atoms with Crippen LogP contribution in [0.25, 0.3) is 0 Å². The first kappa shape index (κ1) is 15.8. The first-order valence-corrected chi connectivity index (χ1v) is 8.14. The van der Waals surface area contributed by atoms with Gasteiger partial charge in [0.05, 0.1) is 12.0 Å². The highest BCUT2D eigenvalue weighted by atomic mass is 16.5. The Kier molecular flexibility index (Phi) is 5.85. The molecule has 2 aliphatic rings. The highest BCUT2D eigenvalue weighted by molar-refractivity contribution is 5.83. The molecule has 3 atom stereocenters. The summed E-state index contributed by atoms with van der Waals surface area (Å²) in [6.07, 6.45) is 7.42. The van der Waals surface area contributed by atoms with Crippen molar-refractivity contribution < 1.29 is 9.53 Å². The minimum absolute atomic E-state index is 0.174. The Balaban J connectivity index is 1.73. The zero-order valence-electron chi connectivity index (χ0n) is 13.0. The molecule has 0 bridgehead atoms. The van der Waals surface area contributed by atoms with E-state index in [-0.39, 0.29) is 11.3 Å². The van der Waals surface area contributed by atoms with Crippen LogP contribution in [0.2, 0.25) is 0 Å². The first-order chi connectivity index (χ1) is 9.66. The number of hydrogen-bond donors (Lipinski definition) is 2. The summed E-state index contributed by atoms with van der Waals surface area (Å²) >= 11 is 0. The Morgan fingerprint density at radius 2 is 2.30 bits per heavy atom. The average Bonchev–Trinajstić information content (AvgIpc) is 2.89. The molecule has 2 fully saturated rings. The third-order valence-corrected chi connectivity index (χ3v) is 5.03. The highest BCUT2D eigenvalue weighted by Crippen LogP contribution is 2.30. The zero-order valence-corrected chi connectivity index (χ0v) is 13.0. The smallest absolute Gasteiger partial charge is 0.229 e. The predicted octanol–water partition coefficient (Wildman–Crippen LogP) is 1.95. The van der Waals surface area contributed by atoms with Gasteiger partial charge < -0.3 is 15.4 Å². The lowest BCUT2D eigenvalue weighted by atomic mass is 9.81.